The maximum absolute atomic E-state index is 12.0. The van der Waals surface area contributed by atoms with Crippen molar-refractivity contribution < 1.29 is 18.4 Å². The third-order valence-corrected chi connectivity index (χ3v) is 4.28. The van der Waals surface area contributed by atoms with Gasteiger partial charge in [-0.1, -0.05) is 5.16 Å². The minimum absolute atomic E-state index is 0.0146. The van der Waals surface area contributed by atoms with Crippen molar-refractivity contribution in [2.24, 2.45) is 10.9 Å². The summed E-state index contributed by atoms with van der Waals surface area (Å²) in [5, 5.41) is 11.8. The number of thioether (sulfide) groups is 1. The van der Waals surface area contributed by atoms with Gasteiger partial charge in [0.1, 0.15) is 0 Å². The summed E-state index contributed by atoms with van der Waals surface area (Å²) in [5.74, 6) is 0.186. The van der Waals surface area contributed by atoms with Crippen molar-refractivity contribution in [3.63, 3.8) is 0 Å². The second kappa shape index (κ2) is 6.86. The molecule has 3 N–H and O–H groups in total. The van der Waals surface area contributed by atoms with Crippen molar-refractivity contribution in [2.75, 3.05) is 38.5 Å². The Kier molecular flexibility index (Phi) is 5.96. The fraction of sp³-hybridized carbons (Fsp3) is 0.909. The smallest absolute Gasteiger partial charge is 0.409 e. The van der Waals surface area contributed by atoms with Gasteiger partial charge in [-0.2, -0.15) is 13.2 Å². The summed E-state index contributed by atoms with van der Waals surface area (Å²) >= 11 is 0.0146. The summed E-state index contributed by atoms with van der Waals surface area (Å²) in [6.07, 6.45) is 0. The SMILES string of the molecule is CC(C)(C(N)=NO)N1CCN(CCSC(F)(F)F)CC1. The molecule has 1 rings (SSSR count). The Labute approximate surface area is 121 Å². The molecule has 0 radical (unpaired) electrons. The van der Waals surface area contributed by atoms with E-state index in [-0.39, 0.29) is 23.4 Å². The van der Waals surface area contributed by atoms with E-state index in [0.29, 0.717) is 32.7 Å². The number of amidine groups is 1. The second-order valence-electron chi connectivity index (χ2n) is 5.17. The molecule has 0 atom stereocenters. The van der Waals surface area contributed by atoms with Gasteiger partial charge in [-0.15, -0.1) is 0 Å². The third-order valence-electron chi connectivity index (χ3n) is 3.57. The molecule has 0 aromatic carbocycles. The standard InChI is InChI=1S/C11H21F3N4OS/c1-10(2,9(15)16-19)18-5-3-17(4-6-18)7-8-20-11(12,13)14/h19H,3-8H2,1-2H3,(H2,15,16). The highest BCUT2D eigenvalue weighted by atomic mass is 32.2. The molecule has 9 heteroatoms. The van der Waals surface area contributed by atoms with Crippen LogP contribution in [0.5, 0.6) is 0 Å². The number of oxime groups is 1. The van der Waals surface area contributed by atoms with Crippen LogP contribution >= 0.6 is 11.8 Å². The Morgan fingerprint density at radius 1 is 1.25 bits per heavy atom. The molecule has 0 unspecified atom stereocenters. The molecule has 1 heterocycles. The Morgan fingerprint density at radius 3 is 2.25 bits per heavy atom. The molecule has 0 saturated carbocycles. The van der Waals surface area contributed by atoms with E-state index >= 15 is 0 Å². The highest BCUT2D eigenvalue weighted by Gasteiger charge is 2.34. The zero-order valence-corrected chi connectivity index (χ0v) is 12.5. The molecule has 118 valence electrons. The van der Waals surface area contributed by atoms with Crippen LogP contribution in [0, 0.1) is 0 Å². The first-order valence-corrected chi connectivity index (χ1v) is 7.31. The van der Waals surface area contributed by atoms with Gasteiger partial charge in [0.15, 0.2) is 5.84 Å². The molecule has 20 heavy (non-hydrogen) atoms. The Morgan fingerprint density at radius 2 is 1.80 bits per heavy atom. The van der Waals surface area contributed by atoms with Crippen molar-refractivity contribution in [2.45, 2.75) is 24.9 Å². The van der Waals surface area contributed by atoms with E-state index in [2.05, 4.69) is 10.1 Å². The molecule has 0 bridgehead atoms. The lowest BCUT2D eigenvalue weighted by atomic mass is 10.0. The predicted octanol–water partition coefficient (Wildman–Crippen LogP) is 1.38. The maximum Gasteiger partial charge on any atom is 0.441 e. The highest BCUT2D eigenvalue weighted by molar-refractivity contribution is 8.00. The lowest BCUT2D eigenvalue weighted by Crippen LogP contribution is -2.59. The summed E-state index contributed by atoms with van der Waals surface area (Å²) in [7, 11) is 0. The van der Waals surface area contributed by atoms with Gasteiger partial charge in [-0.25, -0.2) is 0 Å². The first-order valence-electron chi connectivity index (χ1n) is 6.33. The number of piperazine rings is 1. The normalized spacial score (nSPS) is 20.4. The molecule has 1 aliphatic heterocycles. The van der Waals surface area contributed by atoms with Crippen molar-refractivity contribution in [1.29, 1.82) is 0 Å². The topological polar surface area (TPSA) is 65.1 Å². The fourth-order valence-electron chi connectivity index (χ4n) is 2.11. The molecule has 0 aliphatic carbocycles. The van der Waals surface area contributed by atoms with Gasteiger partial charge in [-0.3, -0.25) is 9.80 Å². The van der Waals surface area contributed by atoms with Gasteiger partial charge in [-0.05, 0) is 25.6 Å². The molecule has 1 aliphatic rings. The summed E-state index contributed by atoms with van der Waals surface area (Å²) in [4.78, 5) is 4.06. The molecule has 1 fully saturated rings. The molecular weight excluding hydrogens is 293 g/mol. The minimum atomic E-state index is -4.16. The average Bonchev–Trinajstić information content (AvgIpc) is 2.36. The summed E-state index contributed by atoms with van der Waals surface area (Å²) in [6, 6.07) is 0. The van der Waals surface area contributed by atoms with E-state index in [1.807, 2.05) is 18.7 Å². The molecule has 0 aromatic heterocycles. The number of nitrogens with two attached hydrogens (primary N) is 1. The molecule has 0 amide bonds. The van der Waals surface area contributed by atoms with Crippen molar-refractivity contribution in [1.82, 2.24) is 9.80 Å². The first-order chi connectivity index (χ1) is 9.16. The molecular formula is C11H21F3N4OS. The van der Waals surface area contributed by atoms with Gasteiger partial charge >= 0.3 is 5.51 Å². The Hall–Kier alpha value is -0.670. The summed E-state index contributed by atoms with van der Waals surface area (Å²) in [5.41, 5.74) is 0.950. The first kappa shape index (κ1) is 17.4. The highest BCUT2D eigenvalue weighted by Crippen LogP contribution is 2.30. The fourth-order valence-corrected chi connectivity index (χ4v) is 2.69. The lowest BCUT2D eigenvalue weighted by Gasteiger charge is -2.43. The monoisotopic (exact) mass is 314 g/mol. The Balaban J connectivity index is 2.37. The van der Waals surface area contributed by atoms with Crippen LogP contribution in [0.2, 0.25) is 0 Å². The number of halogens is 3. The summed E-state index contributed by atoms with van der Waals surface area (Å²) in [6.45, 7) is 6.86. The van der Waals surface area contributed by atoms with Crippen LogP contribution in [0.3, 0.4) is 0 Å². The van der Waals surface area contributed by atoms with Crippen LogP contribution in [0.15, 0.2) is 5.16 Å². The van der Waals surface area contributed by atoms with E-state index < -0.39 is 11.0 Å². The average molecular weight is 314 g/mol. The summed E-state index contributed by atoms with van der Waals surface area (Å²) < 4.78 is 36.1. The van der Waals surface area contributed by atoms with E-state index in [1.54, 1.807) is 0 Å². The van der Waals surface area contributed by atoms with Gasteiger partial charge in [0.25, 0.3) is 0 Å². The van der Waals surface area contributed by atoms with E-state index in [9.17, 15) is 13.2 Å². The van der Waals surface area contributed by atoms with Crippen LogP contribution < -0.4 is 5.73 Å². The van der Waals surface area contributed by atoms with Crippen molar-refractivity contribution >= 4 is 17.6 Å². The van der Waals surface area contributed by atoms with Crippen LogP contribution in [-0.2, 0) is 0 Å². The maximum atomic E-state index is 12.0. The van der Waals surface area contributed by atoms with Crippen molar-refractivity contribution in [3.8, 4) is 0 Å². The Bertz CT molecular complexity index is 341. The molecule has 5 nitrogen and oxygen atoms in total. The molecule has 1 saturated heterocycles. The van der Waals surface area contributed by atoms with Crippen LogP contribution in [0.1, 0.15) is 13.8 Å². The number of nitrogens with zero attached hydrogens (tertiary/aromatic N) is 3. The van der Waals surface area contributed by atoms with Gasteiger partial charge in [0, 0.05) is 38.5 Å². The van der Waals surface area contributed by atoms with E-state index in [4.69, 9.17) is 10.9 Å². The number of alkyl halides is 3. The van der Waals surface area contributed by atoms with Crippen LogP contribution in [-0.4, -0.2) is 70.4 Å². The van der Waals surface area contributed by atoms with Crippen LogP contribution in [0.25, 0.3) is 0 Å². The van der Waals surface area contributed by atoms with E-state index in [0.717, 1.165) is 0 Å². The molecule has 0 spiro atoms. The van der Waals surface area contributed by atoms with Crippen molar-refractivity contribution in [3.05, 3.63) is 0 Å². The van der Waals surface area contributed by atoms with Gasteiger partial charge in [0.2, 0.25) is 0 Å². The number of hydrogen-bond acceptors (Lipinski definition) is 5. The predicted molar refractivity (Wildman–Crippen MR) is 74.0 cm³/mol. The quantitative estimate of drug-likeness (QED) is 0.347. The van der Waals surface area contributed by atoms with Crippen LogP contribution in [0.4, 0.5) is 13.2 Å². The zero-order chi connectivity index (χ0) is 15.4. The van der Waals surface area contributed by atoms with E-state index in [1.165, 1.54) is 0 Å². The van der Waals surface area contributed by atoms with Gasteiger partial charge in [0.05, 0.1) is 5.54 Å². The molecule has 0 aromatic rings. The zero-order valence-electron chi connectivity index (χ0n) is 11.7. The number of rotatable bonds is 5. The second-order valence-corrected chi connectivity index (χ2v) is 6.33. The van der Waals surface area contributed by atoms with Gasteiger partial charge < -0.3 is 10.9 Å². The number of hydrogen-bond donors (Lipinski definition) is 2. The lowest BCUT2D eigenvalue weighted by molar-refractivity contribution is -0.0329. The minimum Gasteiger partial charge on any atom is -0.409 e. The largest absolute Gasteiger partial charge is 0.441 e. The third kappa shape index (κ3) is 5.02.